The Morgan fingerprint density at radius 1 is 0.375 bits per heavy atom. The summed E-state index contributed by atoms with van der Waals surface area (Å²) in [5, 5.41) is 54.8. The highest BCUT2D eigenvalue weighted by Gasteiger charge is 2.44. The topological polar surface area (TPSA) is 149 Å². The standard InChI is InChI=1S/C79H151NO8/c1-3-5-7-9-11-13-15-17-19-21-23-25-27-29-31-33-35-37-39-41-43-45-47-49-51-53-55-57-59-61-63-65-67-69-75(83)80-72(71-87-79-78(86)77(85)76(84)74(70-81)88-79)73(82)68-66-64-62-60-58-56-54-52-50-48-46-44-42-40-38-36-34-32-30-28-26-24-22-20-18-16-14-12-10-8-6-4-2/h50,52,58,60,66,68,72-74,76-79,81-82,84-86H,3-49,51,53-57,59,61-65,67,69-71H2,1-2H3,(H,80,83)/b52-50+,60-58+,68-66+. The molecule has 0 aromatic heterocycles. The van der Waals surface area contributed by atoms with Gasteiger partial charge in [0.15, 0.2) is 6.29 Å². The number of hydrogen-bond acceptors (Lipinski definition) is 8. The van der Waals surface area contributed by atoms with Crippen molar-refractivity contribution in [2.24, 2.45) is 0 Å². The molecule has 1 amide bonds. The van der Waals surface area contributed by atoms with Crippen molar-refractivity contribution >= 4 is 5.91 Å². The van der Waals surface area contributed by atoms with Crippen LogP contribution in [0.4, 0.5) is 0 Å². The third kappa shape index (κ3) is 56.0. The Morgan fingerprint density at radius 2 is 0.648 bits per heavy atom. The number of hydrogen-bond donors (Lipinski definition) is 6. The highest BCUT2D eigenvalue weighted by molar-refractivity contribution is 5.76. The fourth-order valence-corrected chi connectivity index (χ4v) is 12.8. The molecule has 0 aromatic carbocycles. The lowest BCUT2D eigenvalue weighted by Gasteiger charge is -2.40. The average molecular weight is 1240 g/mol. The highest BCUT2D eigenvalue weighted by Crippen LogP contribution is 2.24. The number of nitrogens with one attached hydrogen (secondary N) is 1. The summed E-state index contributed by atoms with van der Waals surface area (Å²) >= 11 is 0. The minimum absolute atomic E-state index is 0.182. The van der Waals surface area contributed by atoms with Gasteiger partial charge in [0.05, 0.1) is 25.4 Å². The first-order chi connectivity index (χ1) is 43.3. The maximum Gasteiger partial charge on any atom is 0.220 e. The van der Waals surface area contributed by atoms with E-state index in [1.54, 1.807) is 6.08 Å². The van der Waals surface area contributed by atoms with E-state index in [1.807, 2.05) is 6.08 Å². The second-order valence-electron chi connectivity index (χ2n) is 27.5. The Labute approximate surface area is 546 Å². The fourth-order valence-electron chi connectivity index (χ4n) is 12.8. The summed E-state index contributed by atoms with van der Waals surface area (Å²) in [6, 6.07) is -0.829. The molecular weight excluding hydrogens is 1090 g/mol. The predicted octanol–water partition coefficient (Wildman–Crippen LogP) is 22.2. The molecule has 1 saturated heterocycles. The highest BCUT2D eigenvalue weighted by atomic mass is 16.7. The summed E-state index contributed by atoms with van der Waals surface area (Å²) in [4.78, 5) is 13.2. The van der Waals surface area contributed by atoms with Crippen molar-refractivity contribution in [3.63, 3.8) is 0 Å². The average Bonchev–Trinajstić information content (AvgIpc) is 3.29. The van der Waals surface area contributed by atoms with Crippen LogP contribution in [0.5, 0.6) is 0 Å². The van der Waals surface area contributed by atoms with Crippen molar-refractivity contribution in [1.29, 1.82) is 0 Å². The molecule has 0 aliphatic carbocycles. The van der Waals surface area contributed by atoms with Gasteiger partial charge in [0.2, 0.25) is 5.91 Å². The second-order valence-corrected chi connectivity index (χ2v) is 27.5. The van der Waals surface area contributed by atoms with E-state index in [1.165, 1.54) is 340 Å². The van der Waals surface area contributed by atoms with Gasteiger partial charge in [-0.25, -0.2) is 0 Å². The van der Waals surface area contributed by atoms with Crippen molar-refractivity contribution in [3.8, 4) is 0 Å². The zero-order chi connectivity index (χ0) is 63.5. The number of aliphatic hydroxyl groups excluding tert-OH is 5. The summed E-state index contributed by atoms with van der Waals surface area (Å²) in [6.45, 7) is 3.83. The number of carbonyl (C=O) groups is 1. The van der Waals surface area contributed by atoms with E-state index in [-0.39, 0.29) is 12.5 Å². The van der Waals surface area contributed by atoms with E-state index >= 15 is 0 Å². The minimum atomic E-state index is -1.58. The molecule has 1 fully saturated rings. The zero-order valence-electron chi connectivity index (χ0n) is 58.5. The van der Waals surface area contributed by atoms with Crippen LogP contribution in [0.1, 0.15) is 406 Å². The van der Waals surface area contributed by atoms with Gasteiger partial charge in [-0.1, -0.05) is 391 Å². The quantitative estimate of drug-likeness (QED) is 0.0261. The molecule has 88 heavy (non-hydrogen) atoms. The van der Waals surface area contributed by atoms with E-state index in [0.717, 1.165) is 44.9 Å². The van der Waals surface area contributed by atoms with Crippen LogP contribution < -0.4 is 5.32 Å². The predicted molar refractivity (Wildman–Crippen MR) is 378 cm³/mol. The smallest absolute Gasteiger partial charge is 0.220 e. The van der Waals surface area contributed by atoms with Crippen LogP contribution in [0.3, 0.4) is 0 Å². The van der Waals surface area contributed by atoms with E-state index in [2.05, 4.69) is 43.5 Å². The summed E-state index contributed by atoms with van der Waals surface area (Å²) in [5.74, 6) is -0.182. The lowest BCUT2D eigenvalue weighted by molar-refractivity contribution is -0.302. The molecule has 0 bridgehead atoms. The Hall–Kier alpha value is -1.59. The van der Waals surface area contributed by atoms with Gasteiger partial charge in [-0.15, -0.1) is 0 Å². The third-order valence-corrected chi connectivity index (χ3v) is 18.9. The largest absolute Gasteiger partial charge is 0.394 e. The molecule has 6 N–H and O–H groups in total. The van der Waals surface area contributed by atoms with Crippen LogP contribution in [0.15, 0.2) is 36.5 Å². The van der Waals surface area contributed by atoms with Crippen LogP contribution in [0, 0.1) is 0 Å². The Balaban J connectivity index is 2.10. The first kappa shape index (κ1) is 84.4. The Morgan fingerprint density at radius 3 is 0.955 bits per heavy atom. The third-order valence-electron chi connectivity index (χ3n) is 18.9. The summed E-state index contributed by atoms with van der Waals surface area (Å²) < 4.78 is 11.3. The molecule has 1 aliphatic heterocycles. The van der Waals surface area contributed by atoms with Gasteiger partial charge in [0.25, 0.3) is 0 Å². The molecule has 7 unspecified atom stereocenters. The Bertz CT molecular complexity index is 1490. The molecule has 1 aliphatic rings. The number of amides is 1. The molecule has 9 nitrogen and oxygen atoms in total. The first-order valence-electron chi connectivity index (χ1n) is 39.2. The second kappa shape index (κ2) is 68.3. The van der Waals surface area contributed by atoms with Crippen molar-refractivity contribution < 1.29 is 39.8 Å². The molecule has 9 heteroatoms. The van der Waals surface area contributed by atoms with Crippen LogP contribution >= 0.6 is 0 Å². The number of rotatable bonds is 70. The molecule has 0 radical (unpaired) electrons. The summed E-state index contributed by atoms with van der Waals surface area (Å²) in [7, 11) is 0. The lowest BCUT2D eigenvalue weighted by atomic mass is 9.99. The van der Waals surface area contributed by atoms with E-state index in [4.69, 9.17) is 9.47 Å². The molecule has 520 valence electrons. The molecule has 1 heterocycles. The maximum atomic E-state index is 13.2. The van der Waals surface area contributed by atoms with Gasteiger partial charge in [-0.2, -0.15) is 0 Å². The fraction of sp³-hybridized carbons (Fsp3) is 0.911. The molecule has 1 rings (SSSR count). The molecule has 0 aromatic rings. The van der Waals surface area contributed by atoms with Crippen LogP contribution in [-0.2, 0) is 14.3 Å². The van der Waals surface area contributed by atoms with Gasteiger partial charge < -0.3 is 40.3 Å². The van der Waals surface area contributed by atoms with Gasteiger partial charge in [-0.05, 0) is 44.9 Å². The van der Waals surface area contributed by atoms with Crippen molar-refractivity contribution in [3.05, 3.63) is 36.5 Å². The normalized spacial score (nSPS) is 18.0. The van der Waals surface area contributed by atoms with Crippen LogP contribution in [0.2, 0.25) is 0 Å². The van der Waals surface area contributed by atoms with Gasteiger partial charge in [-0.3, -0.25) is 4.79 Å². The molecular formula is C79H151NO8. The zero-order valence-corrected chi connectivity index (χ0v) is 58.5. The van der Waals surface area contributed by atoms with Gasteiger partial charge in [0, 0.05) is 6.42 Å². The van der Waals surface area contributed by atoms with Crippen molar-refractivity contribution in [2.45, 2.75) is 448 Å². The van der Waals surface area contributed by atoms with Crippen molar-refractivity contribution in [1.82, 2.24) is 5.32 Å². The number of ether oxygens (including phenoxy) is 2. The SMILES string of the molecule is CCCCCCCCCCCCCCCCCCCCCCCC/C=C/CC/C=C/CC/C=C/C(O)C(COC1OC(CO)C(O)C(O)C1O)NC(=O)CCCCCCCCCCCCCCCCCCCCCCCCCCCCCCCCCCC. The van der Waals surface area contributed by atoms with E-state index < -0.39 is 49.5 Å². The van der Waals surface area contributed by atoms with Crippen LogP contribution in [-0.4, -0.2) is 87.5 Å². The summed E-state index contributed by atoms with van der Waals surface area (Å²) in [5.41, 5.74) is 0. The van der Waals surface area contributed by atoms with E-state index in [0.29, 0.717) is 6.42 Å². The maximum absolute atomic E-state index is 13.2. The molecule has 0 spiro atoms. The monoisotopic (exact) mass is 1240 g/mol. The molecule has 7 atom stereocenters. The van der Waals surface area contributed by atoms with Crippen molar-refractivity contribution in [2.75, 3.05) is 13.2 Å². The van der Waals surface area contributed by atoms with Crippen LogP contribution in [0.25, 0.3) is 0 Å². The number of unbranched alkanes of at least 4 members (excludes halogenated alkanes) is 56. The lowest BCUT2D eigenvalue weighted by Crippen LogP contribution is -2.60. The number of aliphatic hydroxyl groups is 5. The van der Waals surface area contributed by atoms with E-state index in [9.17, 15) is 30.3 Å². The summed E-state index contributed by atoms with van der Waals surface area (Å²) in [6.07, 6.45) is 85.9. The molecule has 0 saturated carbocycles. The first-order valence-corrected chi connectivity index (χ1v) is 39.2. The van der Waals surface area contributed by atoms with Gasteiger partial charge >= 0.3 is 0 Å². The number of allylic oxidation sites excluding steroid dienone is 5. The Kier molecular flexibility index (Phi) is 65.5. The number of carbonyl (C=O) groups excluding carboxylic acids is 1. The van der Waals surface area contributed by atoms with Gasteiger partial charge in [0.1, 0.15) is 24.4 Å². The minimum Gasteiger partial charge on any atom is -0.394 e.